The van der Waals surface area contributed by atoms with Gasteiger partial charge in [-0.15, -0.1) is 0 Å². The molecule has 0 spiro atoms. The first-order valence-electron chi connectivity index (χ1n) is 19.6. The largest absolute Gasteiger partial charge is 0.455 e. The maximum atomic E-state index is 6.86. The quantitative estimate of drug-likeness (QED) is 0.169. The lowest BCUT2D eigenvalue weighted by molar-refractivity contribution is 0.419. The zero-order valence-electron chi connectivity index (χ0n) is 32.3. The number of hydrogen-bond donors (Lipinski definition) is 0. The summed E-state index contributed by atoms with van der Waals surface area (Å²) in [4.78, 5) is 2.35. The van der Waals surface area contributed by atoms with Crippen molar-refractivity contribution in [1.82, 2.24) is 0 Å². The summed E-state index contributed by atoms with van der Waals surface area (Å²) in [5, 5.41) is 0. The van der Waals surface area contributed by atoms with Gasteiger partial charge in [0.1, 0.15) is 5.75 Å². The van der Waals surface area contributed by atoms with Gasteiger partial charge in [-0.3, -0.25) is 0 Å². The monoisotopic (exact) mass is 721 g/mol. The highest BCUT2D eigenvalue weighted by molar-refractivity contribution is 5.87. The normalized spacial score (nSPS) is 14.1. The smallest absolute Gasteiger partial charge is 0.155 e. The Morgan fingerprint density at radius 3 is 1.54 bits per heavy atom. The molecule has 1 aliphatic heterocycles. The third kappa shape index (κ3) is 5.47. The first-order valence-corrected chi connectivity index (χ1v) is 19.6. The molecule has 2 nitrogen and oxygen atoms in total. The van der Waals surface area contributed by atoms with Gasteiger partial charge in [-0.1, -0.05) is 167 Å². The Hall–Kier alpha value is -6.64. The van der Waals surface area contributed by atoms with E-state index >= 15 is 0 Å². The van der Waals surface area contributed by atoms with Crippen LogP contribution in [0.4, 0.5) is 17.1 Å². The van der Waals surface area contributed by atoms with Crippen LogP contribution in [-0.4, -0.2) is 0 Å². The van der Waals surface area contributed by atoms with Crippen molar-refractivity contribution in [1.29, 1.82) is 0 Å². The van der Waals surface area contributed by atoms with E-state index in [1.165, 1.54) is 66.8 Å². The molecule has 0 atom stereocenters. The molecule has 0 amide bonds. The molecule has 0 fully saturated rings. The Kier molecular flexibility index (Phi) is 7.87. The van der Waals surface area contributed by atoms with Crippen LogP contribution in [0.5, 0.6) is 11.5 Å². The Morgan fingerprint density at radius 1 is 0.357 bits per heavy atom. The molecular formula is C54H43NO. The van der Waals surface area contributed by atoms with Crippen LogP contribution in [0.25, 0.3) is 44.5 Å². The second-order valence-corrected chi connectivity index (χ2v) is 16.2. The van der Waals surface area contributed by atoms with Crippen LogP contribution in [0.2, 0.25) is 0 Å². The number of hydrogen-bond acceptors (Lipinski definition) is 2. The molecule has 8 aromatic rings. The third-order valence-corrected chi connectivity index (χ3v) is 12.2. The molecule has 0 bridgehead atoms. The predicted octanol–water partition coefficient (Wildman–Crippen LogP) is 14.9. The summed E-state index contributed by atoms with van der Waals surface area (Å²) >= 11 is 0. The number of fused-ring (bicyclic) bond motifs is 5. The Morgan fingerprint density at radius 2 is 0.839 bits per heavy atom. The van der Waals surface area contributed by atoms with E-state index in [-0.39, 0.29) is 10.8 Å². The number of nitrogens with zero attached hydrogens (tertiary/aromatic N) is 1. The van der Waals surface area contributed by atoms with E-state index in [0.29, 0.717) is 0 Å². The number of benzene rings is 8. The Labute approximate surface area is 330 Å². The van der Waals surface area contributed by atoms with E-state index in [0.717, 1.165) is 28.6 Å². The van der Waals surface area contributed by atoms with Crippen LogP contribution in [0.1, 0.15) is 49.9 Å². The van der Waals surface area contributed by atoms with Crippen LogP contribution >= 0.6 is 0 Å². The van der Waals surface area contributed by atoms with Gasteiger partial charge in [0, 0.05) is 33.3 Å². The molecule has 56 heavy (non-hydrogen) atoms. The summed E-state index contributed by atoms with van der Waals surface area (Å²) < 4.78 is 6.86. The van der Waals surface area contributed by atoms with Gasteiger partial charge < -0.3 is 9.64 Å². The minimum Gasteiger partial charge on any atom is -0.455 e. The summed E-state index contributed by atoms with van der Waals surface area (Å²) in [6.45, 7) is 9.28. The lowest BCUT2D eigenvalue weighted by Gasteiger charge is -2.37. The second kappa shape index (κ2) is 13.0. The van der Waals surface area contributed by atoms with E-state index in [9.17, 15) is 0 Å². The molecule has 0 N–H and O–H groups in total. The van der Waals surface area contributed by atoms with Gasteiger partial charge in [0.25, 0.3) is 0 Å². The van der Waals surface area contributed by atoms with Crippen molar-refractivity contribution in [2.45, 2.75) is 38.5 Å². The number of para-hydroxylation sites is 2. The van der Waals surface area contributed by atoms with E-state index < -0.39 is 0 Å². The summed E-state index contributed by atoms with van der Waals surface area (Å²) in [6.07, 6.45) is 0. The molecule has 0 saturated carbocycles. The van der Waals surface area contributed by atoms with Crippen molar-refractivity contribution >= 4 is 17.1 Å². The standard InChI is InChI=1S/C54H43NO/c1-53(2)46-19-9-8-18-44(46)45-33-28-41(35-49(45)53)38-26-31-43(32-27-38)55(50-22-13-21-48-52(50)56-51-23-11-10-20-47(51)54(48,3)4)42-29-24-37(25-30-42)40-17-12-16-39(34-40)36-14-6-5-7-15-36/h5-35H,1-4H3. The summed E-state index contributed by atoms with van der Waals surface area (Å²) in [6, 6.07) is 68.2. The summed E-state index contributed by atoms with van der Waals surface area (Å²) in [5.74, 6) is 1.79. The van der Waals surface area contributed by atoms with Crippen LogP contribution in [0, 0.1) is 0 Å². The number of anilines is 3. The molecule has 0 aromatic heterocycles. The highest BCUT2D eigenvalue weighted by Crippen LogP contribution is 2.54. The van der Waals surface area contributed by atoms with Crippen molar-refractivity contribution in [3.8, 4) is 56.0 Å². The fraction of sp³-hybridized carbons (Fsp3) is 0.111. The molecule has 0 unspecified atom stereocenters. The zero-order chi connectivity index (χ0) is 38.0. The van der Waals surface area contributed by atoms with Crippen molar-refractivity contribution in [2.24, 2.45) is 0 Å². The van der Waals surface area contributed by atoms with Gasteiger partial charge in [-0.05, 0) is 104 Å². The Bertz CT molecular complexity index is 2760. The average Bonchev–Trinajstić information content (AvgIpc) is 3.47. The van der Waals surface area contributed by atoms with E-state index in [1.54, 1.807) is 0 Å². The molecule has 2 heteroatoms. The molecule has 1 heterocycles. The molecule has 0 saturated heterocycles. The molecule has 2 aliphatic rings. The lowest BCUT2D eigenvalue weighted by atomic mass is 9.75. The van der Waals surface area contributed by atoms with E-state index in [2.05, 4.69) is 221 Å². The molecular weight excluding hydrogens is 679 g/mol. The molecule has 270 valence electrons. The average molecular weight is 722 g/mol. The van der Waals surface area contributed by atoms with Crippen LogP contribution < -0.4 is 9.64 Å². The topological polar surface area (TPSA) is 12.5 Å². The van der Waals surface area contributed by atoms with Crippen molar-refractivity contribution in [3.63, 3.8) is 0 Å². The molecule has 0 radical (unpaired) electrons. The van der Waals surface area contributed by atoms with Crippen molar-refractivity contribution < 1.29 is 4.74 Å². The maximum Gasteiger partial charge on any atom is 0.155 e. The highest BCUT2D eigenvalue weighted by Gasteiger charge is 2.37. The first kappa shape index (κ1) is 33.9. The molecule has 8 aromatic carbocycles. The van der Waals surface area contributed by atoms with Gasteiger partial charge in [-0.25, -0.2) is 0 Å². The fourth-order valence-electron chi connectivity index (χ4n) is 9.05. The zero-order valence-corrected chi connectivity index (χ0v) is 32.3. The summed E-state index contributed by atoms with van der Waals surface area (Å²) in [7, 11) is 0. The van der Waals surface area contributed by atoms with Crippen LogP contribution in [-0.2, 0) is 10.8 Å². The highest BCUT2D eigenvalue weighted by atomic mass is 16.5. The maximum absolute atomic E-state index is 6.86. The van der Waals surface area contributed by atoms with Gasteiger partial charge in [-0.2, -0.15) is 0 Å². The van der Waals surface area contributed by atoms with Crippen molar-refractivity contribution in [3.05, 3.63) is 210 Å². The molecule has 1 aliphatic carbocycles. The van der Waals surface area contributed by atoms with Gasteiger partial charge in [0.15, 0.2) is 5.75 Å². The predicted molar refractivity (Wildman–Crippen MR) is 234 cm³/mol. The SMILES string of the molecule is CC1(C)c2ccccc2-c2ccc(-c3ccc(N(c4ccc(-c5cccc(-c6ccccc6)c5)cc4)c4cccc5c4Oc4ccccc4C5(C)C)cc3)cc21. The second-order valence-electron chi connectivity index (χ2n) is 16.2. The fourth-order valence-corrected chi connectivity index (χ4v) is 9.05. The third-order valence-electron chi connectivity index (χ3n) is 12.2. The van der Waals surface area contributed by atoms with Crippen molar-refractivity contribution in [2.75, 3.05) is 4.90 Å². The molecule has 10 rings (SSSR count). The minimum absolute atomic E-state index is 0.0491. The lowest BCUT2D eigenvalue weighted by Crippen LogP contribution is -2.25. The van der Waals surface area contributed by atoms with Crippen LogP contribution in [0.3, 0.4) is 0 Å². The summed E-state index contributed by atoms with van der Waals surface area (Å²) in [5.41, 5.74) is 17.9. The van der Waals surface area contributed by atoms with Crippen LogP contribution in [0.15, 0.2) is 188 Å². The van der Waals surface area contributed by atoms with Gasteiger partial charge >= 0.3 is 0 Å². The minimum atomic E-state index is -0.232. The van der Waals surface area contributed by atoms with E-state index in [4.69, 9.17) is 4.74 Å². The first-order chi connectivity index (χ1) is 27.3. The number of ether oxygens (including phenoxy) is 1. The van der Waals surface area contributed by atoms with E-state index in [1.807, 2.05) is 0 Å². The van der Waals surface area contributed by atoms with Gasteiger partial charge in [0.05, 0.1) is 5.69 Å². The number of rotatable bonds is 6. The van der Waals surface area contributed by atoms with Gasteiger partial charge in [0.2, 0.25) is 0 Å². The Balaban J connectivity index is 1.06.